The molecular formula is C16H21N3O2. The first-order valence-corrected chi connectivity index (χ1v) is 7.54. The van der Waals surface area contributed by atoms with Gasteiger partial charge in [-0.3, -0.25) is 4.79 Å². The number of anilines is 1. The van der Waals surface area contributed by atoms with Crippen molar-refractivity contribution in [3.05, 3.63) is 22.9 Å². The van der Waals surface area contributed by atoms with Gasteiger partial charge in [0, 0.05) is 25.1 Å². The number of hydrogen-bond acceptors (Lipinski definition) is 5. The molecule has 1 aromatic heterocycles. The van der Waals surface area contributed by atoms with E-state index < -0.39 is 0 Å². The van der Waals surface area contributed by atoms with Crippen molar-refractivity contribution in [1.82, 2.24) is 4.98 Å². The molecule has 1 saturated heterocycles. The van der Waals surface area contributed by atoms with Crippen molar-refractivity contribution in [2.75, 3.05) is 18.0 Å². The Morgan fingerprint density at radius 2 is 2.14 bits per heavy atom. The molecule has 1 fully saturated rings. The third-order valence-electron chi connectivity index (χ3n) is 3.78. The van der Waals surface area contributed by atoms with E-state index in [0.717, 1.165) is 32.4 Å². The van der Waals surface area contributed by atoms with Gasteiger partial charge in [0.2, 0.25) is 0 Å². The molecule has 0 saturated carbocycles. The predicted octanol–water partition coefficient (Wildman–Crippen LogP) is 2.42. The molecule has 1 aliphatic heterocycles. The quantitative estimate of drug-likeness (QED) is 0.841. The van der Waals surface area contributed by atoms with E-state index in [0.29, 0.717) is 29.1 Å². The van der Waals surface area contributed by atoms with Crippen molar-refractivity contribution in [3.8, 4) is 6.07 Å². The van der Waals surface area contributed by atoms with Gasteiger partial charge in [-0.15, -0.1) is 0 Å². The fourth-order valence-corrected chi connectivity index (χ4v) is 2.69. The van der Waals surface area contributed by atoms with Crippen LogP contribution in [0.3, 0.4) is 0 Å². The largest absolute Gasteiger partial charge is 0.390 e. The van der Waals surface area contributed by atoms with E-state index in [9.17, 15) is 15.2 Å². The average Bonchev–Trinajstić information content (AvgIpc) is 2.54. The molecule has 112 valence electrons. The molecule has 0 bridgehead atoms. The zero-order chi connectivity index (χ0) is 15.2. The molecule has 5 nitrogen and oxygen atoms in total. The normalized spacial score (nSPS) is 14.8. The summed E-state index contributed by atoms with van der Waals surface area (Å²) in [6.45, 7) is 3.39. The van der Waals surface area contributed by atoms with Crippen molar-refractivity contribution in [1.29, 1.82) is 5.26 Å². The van der Waals surface area contributed by atoms with Crippen LogP contribution < -0.4 is 4.90 Å². The topological polar surface area (TPSA) is 77.2 Å². The molecule has 0 radical (unpaired) electrons. The van der Waals surface area contributed by atoms with Crippen molar-refractivity contribution in [2.24, 2.45) is 0 Å². The van der Waals surface area contributed by atoms with Gasteiger partial charge in [-0.1, -0.05) is 6.92 Å². The number of piperidine rings is 1. The second-order valence-corrected chi connectivity index (χ2v) is 5.34. The zero-order valence-electron chi connectivity index (χ0n) is 12.4. The highest BCUT2D eigenvalue weighted by Gasteiger charge is 2.21. The molecule has 1 aromatic rings. The monoisotopic (exact) mass is 287 g/mol. The van der Waals surface area contributed by atoms with Gasteiger partial charge in [0.1, 0.15) is 11.9 Å². The highest BCUT2D eigenvalue weighted by molar-refractivity contribution is 5.97. The van der Waals surface area contributed by atoms with Crippen molar-refractivity contribution < 1.29 is 9.90 Å². The summed E-state index contributed by atoms with van der Waals surface area (Å²) in [7, 11) is 0. The number of aliphatic hydroxyl groups excluding tert-OH is 1. The van der Waals surface area contributed by atoms with Gasteiger partial charge in [0.15, 0.2) is 5.78 Å². The van der Waals surface area contributed by atoms with Crippen LogP contribution in [0.2, 0.25) is 0 Å². The molecule has 0 aromatic carbocycles. The Kier molecular flexibility index (Phi) is 5.29. The highest BCUT2D eigenvalue weighted by atomic mass is 16.3. The lowest BCUT2D eigenvalue weighted by atomic mass is 10.0. The number of hydrogen-bond donors (Lipinski definition) is 1. The summed E-state index contributed by atoms with van der Waals surface area (Å²) in [4.78, 5) is 18.6. The number of nitriles is 1. The molecule has 0 amide bonds. The number of carbonyl (C=O) groups is 1. The van der Waals surface area contributed by atoms with Gasteiger partial charge in [0.25, 0.3) is 0 Å². The van der Waals surface area contributed by atoms with E-state index in [4.69, 9.17) is 0 Å². The minimum atomic E-state index is -0.280. The number of aromatic nitrogens is 1. The highest BCUT2D eigenvalue weighted by Crippen LogP contribution is 2.25. The van der Waals surface area contributed by atoms with E-state index in [1.54, 1.807) is 6.07 Å². The number of aliphatic hydroxyl groups is 1. The summed E-state index contributed by atoms with van der Waals surface area (Å²) >= 11 is 0. The Balaban J connectivity index is 2.43. The molecule has 0 aliphatic carbocycles. The van der Waals surface area contributed by atoms with Gasteiger partial charge in [-0.2, -0.15) is 5.26 Å². The molecule has 0 unspecified atom stereocenters. The van der Waals surface area contributed by atoms with E-state index in [-0.39, 0.29) is 12.4 Å². The summed E-state index contributed by atoms with van der Waals surface area (Å²) in [5.41, 5.74) is 1.19. The first-order valence-electron chi connectivity index (χ1n) is 7.54. The van der Waals surface area contributed by atoms with Gasteiger partial charge in [-0.05, 0) is 31.7 Å². The summed E-state index contributed by atoms with van der Waals surface area (Å²) in [6, 6.07) is 3.74. The Bertz CT molecular complexity index is 557. The Morgan fingerprint density at radius 1 is 1.43 bits per heavy atom. The smallest absolute Gasteiger partial charge is 0.164 e. The van der Waals surface area contributed by atoms with Crippen LogP contribution >= 0.6 is 0 Å². The lowest BCUT2D eigenvalue weighted by molar-refractivity contribution is 0.0978. The fraction of sp³-hybridized carbons (Fsp3) is 0.562. The molecule has 0 atom stereocenters. The SMILES string of the molecule is CCCC(=O)c1cc(C#N)c(N2CCCCC2)nc1CO. The van der Waals surface area contributed by atoms with Crippen LogP contribution in [-0.4, -0.2) is 29.0 Å². The predicted molar refractivity (Wildman–Crippen MR) is 80.2 cm³/mol. The second kappa shape index (κ2) is 7.19. The van der Waals surface area contributed by atoms with Crippen LogP contribution in [0.4, 0.5) is 5.82 Å². The second-order valence-electron chi connectivity index (χ2n) is 5.34. The maximum atomic E-state index is 12.1. The van der Waals surface area contributed by atoms with E-state index in [2.05, 4.69) is 16.0 Å². The number of nitrogens with zero attached hydrogens (tertiary/aromatic N) is 3. The minimum absolute atomic E-state index is 0.0595. The maximum absolute atomic E-state index is 12.1. The van der Waals surface area contributed by atoms with Gasteiger partial charge in [0.05, 0.1) is 17.9 Å². The first kappa shape index (κ1) is 15.5. The molecule has 0 spiro atoms. The standard InChI is InChI=1S/C16H21N3O2/c1-2-6-15(21)13-9-12(10-17)16(18-14(13)11-20)19-7-4-3-5-8-19/h9,20H,2-8,11H2,1H3. The maximum Gasteiger partial charge on any atom is 0.164 e. The van der Waals surface area contributed by atoms with E-state index >= 15 is 0 Å². The van der Waals surface area contributed by atoms with Crippen molar-refractivity contribution >= 4 is 11.6 Å². The summed E-state index contributed by atoms with van der Waals surface area (Å²) < 4.78 is 0. The number of rotatable bonds is 5. The third-order valence-corrected chi connectivity index (χ3v) is 3.78. The Labute approximate surface area is 125 Å². The number of Topliss-reactive ketones (excluding diaryl/α,β-unsaturated/α-hetero) is 1. The van der Waals surface area contributed by atoms with Gasteiger partial charge < -0.3 is 10.0 Å². The molecule has 1 N–H and O–H groups in total. The number of carbonyl (C=O) groups excluding carboxylic acids is 1. The van der Waals surface area contributed by atoms with Gasteiger partial charge in [-0.25, -0.2) is 4.98 Å². The molecule has 21 heavy (non-hydrogen) atoms. The molecule has 5 heteroatoms. The van der Waals surface area contributed by atoms with Crippen molar-refractivity contribution in [3.63, 3.8) is 0 Å². The van der Waals surface area contributed by atoms with Crippen LogP contribution in [0.15, 0.2) is 6.07 Å². The summed E-state index contributed by atoms with van der Waals surface area (Å²) in [5, 5.41) is 18.9. The molecule has 2 heterocycles. The minimum Gasteiger partial charge on any atom is -0.390 e. The lowest BCUT2D eigenvalue weighted by Crippen LogP contribution is -2.31. The van der Waals surface area contributed by atoms with E-state index in [1.807, 2.05) is 6.92 Å². The Hall–Kier alpha value is -1.93. The first-order chi connectivity index (χ1) is 10.2. The van der Waals surface area contributed by atoms with E-state index in [1.165, 1.54) is 6.42 Å². The third kappa shape index (κ3) is 3.40. The zero-order valence-corrected chi connectivity index (χ0v) is 12.4. The number of pyridine rings is 1. The summed E-state index contributed by atoms with van der Waals surface area (Å²) in [6.07, 6.45) is 4.50. The van der Waals surface area contributed by atoms with Crippen molar-refractivity contribution in [2.45, 2.75) is 45.6 Å². The Morgan fingerprint density at radius 3 is 2.71 bits per heavy atom. The van der Waals surface area contributed by atoms with Crippen LogP contribution in [0.1, 0.15) is 60.6 Å². The molecule has 2 rings (SSSR count). The molecular weight excluding hydrogens is 266 g/mol. The van der Waals surface area contributed by atoms with Crippen LogP contribution in [0.5, 0.6) is 0 Å². The van der Waals surface area contributed by atoms with Crippen LogP contribution in [-0.2, 0) is 6.61 Å². The number of ketones is 1. The average molecular weight is 287 g/mol. The van der Waals surface area contributed by atoms with Gasteiger partial charge >= 0.3 is 0 Å². The lowest BCUT2D eigenvalue weighted by Gasteiger charge is -2.29. The summed E-state index contributed by atoms with van der Waals surface area (Å²) in [5.74, 6) is 0.546. The molecule has 1 aliphatic rings. The fourth-order valence-electron chi connectivity index (χ4n) is 2.69. The van der Waals surface area contributed by atoms with Crippen LogP contribution in [0, 0.1) is 11.3 Å². The van der Waals surface area contributed by atoms with Crippen LogP contribution in [0.25, 0.3) is 0 Å².